The van der Waals surface area contributed by atoms with Crippen molar-refractivity contribution in [3.05, 3.63) is 64.7 Å². The molecule has 5 nitrogen and oxygen atoms in total. The summed E-state index contributed by atoms with van der Waals surface area (Å²) in [6.45, 7) is 4.07. The van der Waals surface area contributed by atoms with E-state index in [-0.39, 0.29) is 18.4 Å². The number of amides is 2. The lowest BCUT2D eigenvalue weighted by atomic mass is 10.1. The molecule has 1 atom stereocenters. The Balaban J connectivity index is 2.19. The first kappa shape index (κ1) is 20.8. The molecule has 0 heterocycles. The molecule has 0 saturated heterocycles. The average molecular weight is 389 g/mol. The van der Waals surface area contributed by atoms with Crippen LogP contribution in [-0.4, -0.2) is 36.4 Å². The number of hydrogen-bond donors (Lipinski definition) is 1. The van der Waals surface area contributed by atoms with E-state index in [1.807, 2.05) is 38.1 Å². The molecule has 6 heteroatoms. The van der Waals surface area contributed by atoms with Gasteiger partial charge in [0.2, 0.25) is 5.91 Å². The van der Waals surface area contributed by atoms with Crippen molar-refractivity contribution < 1.29 is 14.3 Å². The quantitative estimate of drug-likeness (QED) is 0.751. The summed E-state index contributed by atoms with van der Waals surface area (Å²) in [5.74, 6) is 0.117. The molecule has 0 spiro atoms. The number of carbonyl (C=O) groups excluding carboxylic acids is 2. The van der Waals surface area contributed by atoms with Crippen LogP contribution >= 0.6 is 11.6 Å². The summed E-state index contributed by atoms with van der Waals surface area (Å²) in [6, 6.07) is 14.1. The van der Waals surface area contributed by atoms with Gasteiger partial charge in [-0.15, -0.1) is 0 Å². The molecule has 0 aliphatic heterocycles. The number of benzene rings is 2. The zero-order valence-corrected chi connectivity index (χ0v) is 16.6. The van der Waals surface area contributed by atoms with Crippen molar-refractivity contribution in [1.29, 1.82) is 0 Å². The summed E-state index contributed by atoms with van der Waals surface area (Å²) in [5.41, 5.74) is 2.07. The van der Waals surface area contributed by atoms with Crippen molar-refractivity contribution in [3.63, 3.8) is 0 Å². The van der Waals surface area contributed by atoms with Crippen LogP contribution in [0.2, 0.25) is 5.02 Å². The minimum absolute atomic E-state index is 0.152. The smallest absolute Gasteiger partial charge is 0.261 e. The highest BCUT2D eigenvalue weighted by Gasteiger charge is 2.28. The standard InChI is InChI=1S/C21H25ClN2O3/c1-4-19(21(26)23-3)24(13-16-8-6-5-7-15(16)2)20(25)14-27-18-11-9-17(22)10-12-18/h5-12,19H,4,13-14H2,1-3H3,(H,23,26). The topological polar surface area (TPSA) is 58.6 Å². The average Bonchev–Trinajstić information content (AvgIpc) is 2.68. The molecule has 2 aromatic carbocycles. The van der Waals surface area contributed by atoms with Crippen molar-refractivity contribution in [1.82, 2.24) is 10.2 Å². The Morgan fingerprint density at radius 1 is 1.15 bits per heavy atom. The maximum Gasteiger partial charge on any atom is 0.261 e. The van der Waals surface area contributed by atoms with Crippen molar-refractivity contribution in [2.24, 2.45) is 0 Å². The number of aryl methyl sites for hydroxylation is 1. The lowest BCUT2D eigenvalue weighted by Gasteiger charge is -2.30. The summed E-state index contributed by atoms with van der Waals surface area (Å²) in [5, 5.41) is 3.24. The summed E-state index contributed by atoms with van der Waals surface area (Å²) >= 11 is 5.87. The molecule has 1 unspecified atom stereocenters. The predicted molar refractivity (Wildman–Crippen MR) is 107 cm³/mol. The van der Waals surface area contributed by atoms with Gasteiger partial charge in [-0.05, 0) is 48.7 Å². The first-order valence-electron chi connectivity index (χ1n) is 8.90. The van der Waals surface area contributed by atoms with Gasteiger partial charge in [-0.1, -0.05) is 42.8 Å². The van der Waals surface area contributed by atoms with Gasteiger partial charge < -0.3 is 15.0 Å². The second kappa shape index (κ2) is 9.97. The SMILES string of the molecule is CCC(C(=O)NC)N(Cc1ccccc1C)C(=O)COc1ccc(Cl)cc1. The molecule has 0 aromatic heterocycles. The van der Waals surface area contributed by atoms with E-state index in [2.05, 4.69) is 5.32 Å². The number of hydrogen-bond acceptors (Lipinski definition) is 3. The summed E-state index contributed by atoms with van der Waals surface area (Å²) in [7, 11) is 1.58. The zero-order valence-electron chi connectivity index (χ0n) is 15.9. The van der Waals surface area contributed by atoms with E-state index in [0.29, 0.717) is 23.7 Å². The predicted octanol–water partition coefficient (Wildman–Crippen LogP) is 3.58. The van der Waals surface area contributed by atoms with Crippen molar-refractivity contribution in [3.8, 4) is 5.75 Å². The van der Waals surface area contributed by atoms with Gasteiger partial charge in [-0.3, -0.25) is 9.59 Å². The highest BCUT2D eigenvalue weighted by atomic mass is 35.5. The number of rotatable bonds is 8. The molecule has 1 N–H and O–H groups in total. The number of halogens is 1. The monoisotopic (exact) mass is 388 g/mol. The number of ether oxygens (including phenoxy) is 1. The molecule has 0 aliphatic carbocycles. The fourth-order valence-electron chi connectivity index (χ4n) is 2.82. The Morgan fingerprint density at radius 3 is 2.41 bits per heavy atom. The van der Waals surface area contributed by atoms with Gasteiger partial charge in [-0.2, -0.15) is 0 Å². The number of likely N-dealkylation sites (N-methyl/N-ethyl adjacent to an activating group) is 1. The molecule has 2 amide bonds. The third kappa shape index (κ3) is 5.73. The van der Waals surface area contributed by atoms with Crippen LogP contribution in [0.15, 0.2) is 48.5 Å². The minimum atomic E-state index is -0.559. The summed E-state index contributed by atoms with van der Waals surface area (Å²) < 4.78 is 5.60. The molecular weight excluding hydrogens is 364 g/mol. The van der Waals surface area contributed by atoms with Gasteiger partial charge in [0, 0.05) is 18.6 Å². The molecular formula is C21H25ClN2O3. The zero-order chi connectivity index (χ0) is 19.8. The van der Waals surface area contributed by atoms with Gasteiger partial charge >= 0.3 is 0 Å². The van der Waals surface area contributed by atoms with Gasteiger partial charge in [0.25, 0.3) is 5.91 Å². The van der Waals surface area contributed by atoms with Crippen LogP contribution < -0.4 is 10.1 Å². The van der Waals surface area contributed by atoms with Crippen molar-refractivity contribution >= 4 is 23.4 Å². The first-order chi connectivity index (χ1) is 13.0. The van der Waals surface area contributed by atoms with Crippen LogP contribution in [0.5, 0.6) is 5.75 Å². The molecule has 2 rings (SSSR count). The van der Waals surface area contributed by atoms with Gasteiger partial charge in [0.05, 0.1) is 0 Å². The molecule has 144 valence electrons. The maximum atomic E-state index is 12.9. The molecule has 0 aliphatic rings. The Kier molecular flexibility index (Phi) is 7.67. The van der Waals surface area contributed by atoms with Crippen LogP contribution in [0.3, 0.4) is 0 Å². The molecule has 0 fully saturated rings. The molecule has 27 heavy (non-hydrogen) atoms. The number of nitrogens with zero attached hydrogens (tertiary/aromatic N) is 1. The molecule has 2 aromatic rings. The summed E-state index contributed by atoms with van der Waals surface area (Å²) in [6.07, 6.45) is 0.512. The highest BCUT2D eigenvalue weighted by Crippen LogP contribution is 2.18. The van der Waals surface area contributed by atoms with Crippen LogP contribution in [0.1, 0.15) is 24.5 Å². The fourth-order valence-corrected chi connectivity index (χ4v) is 2.94. The lowest BCUT2D eigenvalue weighted by Crippen LogP contribution is -2.49. The van der Waals surface area contributed by atoms with Crippen LogP contribution in [0.4, 0.5) is 0 Å². The Hall–Kier alpha value is -2.53. The van der Waals surface area contributed by atoms with Gasteiger partial charge in [0.1, 0.15) is 11.8 Å². The van der Waals surface area contributed by atoms with E-state index in [1.165, 1.54) is 0 Å². The largest absolute Gasteiger partial charge is 0.484 e. The third-order valence-electron chi connectivity index (χ3n) is 4.41. The number of carbonyl (C=O) groups is 2. The molecule has 0 bridgehead atoms. The van der Waals surface area contributed by atoms with E-state index in [0.717, 1.165) is 11.1 Å². The third-order valence-corrected chi connectivity index (χ3v) is 4.66. The van der Waals surface area contributed by atoms with E-state index >= 15 is 0 Å². The van der Waals surface area contributed by atoms with E-state index in [4.69, 9.17) is 16.3 Å². The van der Waals surface area contributed by atoms with Crippen LogP contribution in [0.25, 0.3) is 0 Å². The second-order valence-electron chi connectivity index (χ2n) is 6.23. The normalized spacial score (nSPS) is 11.6. The Labute approximate surface area is 165 Å². The first-order valence-corrected chi connectivity index (χ1v) is 9.28. The van der Waals surface area contributed by atoms with Gasteiger partial charge in [0.15, 0.2) is 6.61 Å². The van der Waals surface area contributed by atoms with Crippen LogP contribution in [-0.2, 0) is 16.1 Å². The van der Waals surface area contributed by atoms with Crippen molar-refractivity contribution in [2.75, 3.05) is 13.7 Å². The minimum Gasteiger partial charge on any atom is -0.484 e. The highest BCUT2D eigenvalue weighted by molar-refractivity contribution is 6.30. The fraction of sp³-hybridized carbons (Fsp3) is 0.333. The van der Waals surface area contributed by atoms with E-state index in [1.54, 1.807) is 36.2 Å². The summed E-state index contributed by atoms with van der Waals surface area (Å²) in [4.78, 5) is 26.8. The molecule has 0 saturated carbocycles. The Bertz CT molecular complexity index is 777. The lowest BCUT2D eigenvalue weighted by molar-refractivity contribution is -0.142. The second-order valence-corrected chi connectivity index (χ2v) is 6.67. The molecule has 0 radical (unpaired) electrons. The van der Waals surface area contributed by atoms with E-state index < -0.39 is 6.04 Å². The number of nitrogens with one attached hydrogen (secondary N) is 1. The van der Waals surface area contributed by atoms with Crippen LogP contribution in [0, 0.1) is 6.92 Å². The van der Waals surface area contributed by atoms with E-state index in [9.17, 15) is 9.59 Å². The Morgan fingerprint density at radius 2 is 1.81 bits per heavy atom. The van der Waals surface area contributed by atoms with Gasteiger partial charge in [-0.25, -0.2) is 0 Å². The van der Waals surface area contributed by atoms with Crippen molar-refractivity contribution in [2.45, 2.75) is 32.9 Å². The maximum absolute atomic E-state index is 12.9.